The second kappa shape index (κ2) is 8.61. The first-order valence-corrected chi connectivity index (χ1v) is 7.49. The molecule has 0 saturated heterocycles. The standard InChI is InChI=1S/C14H22INO/c1-2-3-4-5-6-7-10-17-14-9-8-12(16)11-13(14)15/h8-9,11H,2-7,10,16H2,1H3. The van der Waals surface area contributed by atoms with Crippen LogP contribution in [0, 0.1) is 3.57 Å². The van der Waals surface area contributed by atoms with Crippen molar-refractivity contribution in [2.45, 2.75) is 45.4 Å². The summed E-state index contributed by atoms with van der Waals surface area (Å²) >= 11 is 2.26. The van der Waals surface area contributed by atoms with Crippen LogP contribution in [0.5, 0.6) is 5.75 Å². The summed E-state index contributed by atoms with van der Waals surface area (Å²) in [5, 5.41) is 0. The number of hydrogen-bond donors (Lipinski definition) is 1. The molecule has 0 aliphatic heterocycles. The first-order chi connectivity index (χ1) is 8.24. The zero-order valence-corrected chi connectivity index (χ0v) is 12.7. The molecule has 0 heterocycles. The van der Waals surface area contributed by atoms with Crippen molar-refractivity contribution in [2.75, 3.05) is 12.3 Å². The molecule has 96 valence electrons. The van der Waals surface area contributed by atoms with E-state index in [0.29, 0.717) is 0 Å². The average molecular weight is 347 g/mol. The van der Waals surface area contributed by atoms with E-state index in [1.54, 1.807) is 0 Å². The number of hydrogen-bond acceptors (Lipinski definition) is 2. The highest BCUT2D eigenvalue weighted by Crippen LogP contribution is 2.23. The van der Waals surface area contributed by atoms with Gasteiger partial charge in [-0.15, -0.1) is 0 Å². The number of nitrogens with two attached hydrogens (primary N) is 1. The van der Waals surface area contributed by atoms with Gasteiger partial charge < -0.3 is 10.5 Å². The highest BCUT2D eigenvalue weighted by atomic mass is 127. The average Bonchev–Trinajstić information content (AvgIpc) is 2.30. The van der Waals surface area contributed by atoms with Gasteiger partial charge in [-0.05, 0) is 47.2 Å². The molecule has 1 rings (SSSR count). The zero-order chi connectivity index (χ0) is 12.5. The Morgan fingerprint density at radius 2 is 1.82 bits per heavy atom. The Labute approximate surface area is 118 Å². The lowest BCUT2D eigenvalue weighted by Crippen LogP contribution is -1.99. The predicted molar refractivity (Wildman–Crippen MR) is 82.4 cm³/mol. The molecule has 0 unspecified atom stereocenters. The third kappa shape index (κ3) is 6.15. The Morgan fingerprint density at radius 1 is 1.12 bits per heavy atom. The number of nitrogen functional groups attached to an aromatic ring is 1. The van der Waals surface area contributed by atoms with Crippen LogP contribution in [0.15, 0.2) is 18.2 Å². The molecule has 2 N–H and O–H groups in total. The van der Waals surface area contributed by atoms with E-state index in [1.165, 1.54) is 32.1 Å². The summed E-state index contributed by atoms with van der Waals surface area (Å²) in [6.45, 7) is 3.05. The monoisotopic (exact) mass is 347 g/mol. The SMILES string of the molecule is CCCCCCCCOc1ccc(N)cc1I. The van der Waals surface area contributed by atoms with E-state index in [4.69, 9.17) is 10.5 Å². The van der Waals surface area contributed by atoms with Gasteiger partial charge in [-0.2, -0.15) is 0 Å². The molecular formula is C14H22INO. The van der Waals surface area contributed by atoms with E-state index in [9.17, 15) is 0 Å². The summed E-state index contributed by atoms with van der Waals surface area (Å²) in [5.74, 6) is 0.952. The van der Waals surface area contributed by atoms with E-state index < -0.39 is 0 Å². The molecule has 0 aliphatic carbocycles. The second-order valence-electron chi connectivity index (χ2n) is 4.31. The molecule has 2 nitrogen and oxygen atoms in total. The van der Waals surface area contributed by atoms with Gasteiger partial charge in [0.25, 0.3) is 0 Å². The van der Waals surface area contributed by atoms with Crippen molar-refractivity contribution < 1.29 is 4.74 Å². The molecule has 0 aliphatic rings. The molecule has 0 fully saturated rings. The third-order valence-electron chi connectivity index (χ3n) is 2.71. The summed E-state index contributed by atoms with van der Waals surface area (Å²) in [6.07, 6.45) is 7.76. The molecule has 17 heavy (non-hydrogen) atoms. The van der Waals surface area contributed by atoms with Crippen LogP contribution in [0.25, 0.3) is 0 Å². The van der Waals surface area contributed by atoms with Crippen molar-refractivity contribution in [3.05, 3.63) is 21.8 Å². The summed E-state index contributed by atoms with van der Waals surface area (Å²) in [4.78, 5) is 0. The number of unbranched alkanes of at least 4 members (excludes halogenated alkanes) is 5. The first kappa shape index (κ1) is 14.6. The van der Waals surface area contributed by atoms with Gasteiger partial charge in [0.1, 0.15) is 5.75 Å². The zero-order valence-electron chi connectivity index (χ0n) is 10.5. The first-order valence-electron chi connectivity index (χ1n) is 6.42. The van der Waals surface area contributed by atoms with E-state index in [1.807, 2.05) is 18.2 Å². The van der Waals surface area contributed by atoms with Crippen molar-refractivity contribution in [3.8, 4) is 5.75 Å². The Morgan fingerprint density at radius 3 is 2.53 bits per heavy atom. The number of anilines is 1. The van der Waals surface area contributed by atoms with E-state index >= 15 is 0 Å². The Hall–Kier alpha value is -0.450. The fourth-order valence-electron chi connectivity index (χ4n) is 1.70. The topological polar surface area (TPSA) is 35.2 Å². The fraction of sp³-hybridized carbons (Fsp3) is 0.571. The molecule has 3 heteroatoms. The van der Waals surface area contributed by atoms with Gasteiger partial charge in [-0.3, -0.25) is 0 Å². The normalized spacial score (nSPS) is 10.5. The van der Waals surface area contributed by atoms with Gasteiger partial charge in [0, 0.05) is 5.69 Å². The maximum atomic E-state index is 5.74. The van der Waals surface area contributed by atoms with Gasteiger partial charge in [-0.1, -0.05) is 39.0 Å². The van der Waals surface area contributed by atoms with Crippen LogP contribution in [0.4, 0.5) is 5.69 Å². The Bertz CT molecular complexity index is 328. The fourth-order valence-corrected chi connectivity index (χ4v) is 2.39. The minimum absolute atomic E-state index is 0.793. The van der Waals surface area contributed by atoms with Gasteiger partial charge in [-0.25, -0.2) is 0 Å². The summed E-state index contributed by atoms with van der Waals surface area (Å²) in [5.41, 5.74) is 6.48. The summed E-state index contributed by atoms with van der Waals surface area (Å²) < 4.78 is 6.83. The van der Waals surface area contributed by atoms with E-state index in [-0.39, 0.29) is 0 Å². The largest absolute Gasteiger partial charge is 0.492 e. The molecule has 1 aromatic rings. The summed E-state index contributed by atoms with van der Waals surface area (Å²) in [7, 11) is 0. The Kier molecular flexibility index (Phi) is 7.40. The number of rotatable bonds is 8. The highest BCUT2D eigenvalue weighted by Gasteiger charge is 2.00. The number of benzene rings is 1. The molecule has 0 spiro atoms. The molecular weight excluding hydrogens is 325 g/mol. The van der Waals surface area contributed by atoms with E-state index in [2.05, 4.69) is 29.5 Å². The minimum atomic E-state index is 0.793. The van der Waals surface area contributed by atoms with Crippen molar-refractivity contribution >= 4 is 28.3 Å². The maximum Gasteiger partial charge on any atom is 0.132 e. The lowest BCUT2D eigenvalue weighted by molar-refractivity contribution is 0.302. The van der Waals surface area contributed by atoms with Crippen LogP contribution < -0.4 is 10.5 Å². The predicted octanol–water partition coefficient (Wildman–Crippen LogP) is 4.61. The number of halogens is 1. The molecule has 1 aromatic carbocycles. The third-order valence-corrected chi connectivity index (χ3v) is 3.55. The minimum Gasteiger partial charge on any atom is -0.492 e. The highest BCUT2D eigenvalue weighted by molar-refractivity contribution is 14.1. The van der Waals surface area contributed by atoms with Crippen LogP contribution in [0.3, 0.4) is 0 Å². The Balaban J connectivity index is 2.14. The summed E-state index contributed by atoms with van der Waals surface area (Å²) in [6, 6.07) is 5.78. The van der Waals surface area contributed by atoms with Crippen LogP contribution >= 0.6 is 22.6 Å². The van der Waals surface area contributed by atoms with E-state index in [0.717, 1.165) is 28.0 Å². The van der Waals surface area contributed by atoms with Crippen LogP contribution in [0.1, 0.15) is 45.4 Å². The molecule has 0 amide bonds. The van der Waals surface area contributed by atoms with Crippen molar-refractivity contribution in [2.24, 2.45) is 0 Å². The molecule has 0 radical (unpaired) electrons. The van der Waals surface area contributed by atoms with Crippen LogP contribution in [0.2, 0.25) is 0 Å². The molecule has 0 aromatic heterocycles. The van der Waals surface area contributed by atoms with Crippen molar-refractivity contribution in [1.29, 1.82) is 0 Å². The molecule has 0 saturated carbocycles. The molecule has 0 atom stereocenters. The maximum absolute atomic E-state index is 5.74. The van der Waals surface area contributed by atoms with Crippen LogP contribution in [-0.2, 0) is 0 Å². The second-order valence-corrected chi connectivity index (χ2v) is 5.47. The lowest BCUT2D eigenvalue weighted by atomic mass is 10.1. The van der Waals surface area contributed by atoms with Gasteiger partial charge in [0.05, 0.1) is 10.2 Å². The van der Waals surface area contributed by atoms with Gasteiger partial charge in [0.15, 0.2) is 0 Å². The quantitative estimate of drug-likeness (QED) is 0.423. The van der Waals surface area contributed by atoms with Crippen molar-refractivity contribution in [1.82, 2.24) is 0 Å². The molecule has 0 bridgehead atoms. The van der Waals surface area contributed by atoms with Gasteiger partial charge in [0.2, 0.25) is 0 Å². The lowest BCUT2D eigenvalue weighted by Gasteiger charge is -2.08. The smallest absolute Gasteiger partial charge is 0.132 e. The van der Waals surface area contributed by atoms with Crippen molar-refractivity contribution in [3.63, 3.8) is 0 Å². The van der Waals surface area contributed by atoms with Gasteiger partial charge >= 0.3 is 0 Å². The van der Waals surface area contributed by atoms with Crippen LogP contribution in [-0.4, -0.2) is 6.61 Å². The number of ether oxygens (including phenoxy) is 1.